The zero-order valence-electron chi connectivity index (χ0n) is 6.93. The Kier molecular flexibility index (Phi) is 3.20. The molecule has 0 N–H and O–H groups in total. The molecule has 0 saturated heterocycles. The maximum atomic E-state index is 12.0. The number of rotatable bonds is 1. The summed E-state index contributed by atoms with van der Waals surface area (Å²) in [6, 6.07) is 3.03. The highest BCUT2D eigenvalue weighted by molar-refractivity contribution is 9.11. The number of anilines is 1. The number of carbonyl (C=O) groups excluding carboxylic acids is 1. The molecule has 2 nitrogen and oxygen atoms in total. The first-order valence-corrected chi connectivity index (χ1v) is 5.03. The predicted molar refractivity (Wildman–Crippen MR) is 51.5 cm³/mol. The predicted octanol–water partition coefficient (Wildman–Crippen LogP) is 3.04. The van der Waals surface area contributed by atoms with Gasteiger partial charge in [-0.25, -0.2) is 0 Å². The Labute approximate surface area is 90.5 Å². The maximum absolute atomic E-state index is 12.0. The highest BCUT2D eigenvalue weighted by atomic mass is 79.9. The lowest BCUT2D eigenvalue weighted by molar-refractivity contribution is -0.170. The van der Waals surface area contributed by atoms with Crippen molar-refractivity contribution in [3.63, 3.8) is 0 Å². The van der Waals surface area contributed by atoms with Crippen LogP contribution < -0.4 is 4.90 Å². The van der Waals surface area contributed by atoms with Crippen LogP contribution in [-0.4, -0.2) is 19.1 Å². The van der Waals surface area contributed by atoms with Crippen molar-refractivity contribution in [1.82, 2.24) is 0 Å². The van der Waals surface area contributed by atoms with Gasteiger partial charge in [0.2, 0.25) is 0 Å². The zero-order chi connectivity index (χ0) is 10.9. The molecule has 1 aromatic rings. The molecular weight excluding hydrogens is 283 g/mol. The number of alkyl halides is 3. The number of amides is 1. The normalized spacial score (nSPS) is 11.5. The third kappa shape index (κ3) is 2.48. The van der Waals surface area contributed by atoms with Crippen LogP contribution in [0, 0.1) is 0 Å². The number of halogens is 4. The minimum Gasteiger partial charge on any atom is -0.299 e. The molecular formula is C7H5BrF3NOS. The molecule has 78 valence electrons. The average Bonchev–Trinajstić information content (AvgIpc) is 2.47. The second-order valence-corrected chi connectivity index (χ2v) is 4.88. The SMILES string of the molecule is CN(C(=O)C(F)(F)F)c1ccc(Br)s1. The van der Waals surface area contributed by atoms with E-state index in [0.717, 1.165) is 18.4 Å². The number of nitrogens with zero attached hydrogens (tertiary/aromatic N) is 1. The van der Waals surface area contributed by atoms with Crippen LogP contribution >= 0.6 is 27.3 Å². The largest absolute Gasteiger partial charge is 0.471 e. The summed E-state index contributed by atoms with van der Waals surface area (Å²) in [6.07, 6.45) is -4.83. The minimum atomic E-state index is -4.83. The van der Waals surface area contributed by atoms with Gasteiger partial charge in [0.1, 0.15) is 0 Å². The Morgan fingerprint density at radius 2 is 2.07 bits per heavy atom. The van der Waals surface area contributed by atoms with Crippen LogP contribution in [0.2, 0.25) is 0 Å². The summed E-state index contributed by atoms with van der Waals surface area (Å²) in [5.41, 5.74) is 0. The molecule has 0 atom stereocenters. The van der Waals surface area contributed by atoms with E-state index in [2.05, 4.69) is 15.9 Å². The van der Waals surface area contributed by atoms with Gasteiger partial charge in [-0.3, -0.25) is 9.69 Å². The van der Waals surface area contributed by atoms with Crippen molar-refractivity contribution in [3.8, 4) is 0 Å². The van der Waals surface area contributed by atoms with Crippen molar-refractivity contribution < 1.29 is 18.0 Å². The van der Waals surface area contributed by atoms with Gasteiger partial charge in [-0.1, -0.05) is 0 Å². The molecule has 0 saturated carbocycles. The lowest BCUT2D eigenvalue weighted by Gasteiger charge is -2.16. The third-order valence-electron chi connectivity index (χ3n) is 1.44. The van der Waals surface area contributed by atoms with Crippen molar-refractivity contribution in [3.05, 3.63) is 15.9 Å². The van der Waals surface area contributed by atoms with Gasteiger partial charge in [-0.05, 0) is 28.1 Å². The van der Waals surface area contributed by atoms with E-state index in [0.29, 0.717) is 8.69 Å². The van der Waals surface area contributed by atoms with E-state index < -0.39 is 12.1 Å². The smallest absolute Gasteiger partial charge is 0.299 e. The molecule has 7 heteroatoms. The van der Waals surface area contributed by atoms with Crippen LogP contribution in [0.4, 0.5) is 18.2 Å². The highest BCUT2D eigenvalue weighted by Crippen LogP contribution is 2.31. The van der Waals surface area contributed by atoms with Crippen LogP contribution in [-0.2, 0) is 4.79 Å². The number of carbonyl (C=O) groups is 1. The number of thiophene rings is 1. The Bertz CT molecular complexity index is 349. The summed E-state index contributed by atoms with van der Waals surface area (Å²) in [5, 5.41) is 0.249. The van der Waals surface area contributed by atoms with Gasteiger partial charge in [0.05, 0.1) is 8.79 Å². The van der Waals surface area contributed by atoms with Crippen LogP contribution in [0.3, 0.4) is 0 Å². The molecule has 14 heavy (non-hydrogen) atoms. The Morgan fingerprint density at radius 1 is 1.50 bits per heavy atom. The molecule has 0 aliphatic carbocycles. The van der Waals surface area contributed by atoms with Crippen LogP contribution in [0.15, 0.2) is 15.9 Å². The molecule has 0 aliphatic heterocycles. The Hall–Kier alpha value is -0.560. The Balaban J connectivity index is 2.86. The van der Waals surface area contributed by atoms with Gasteiger partial charge in [-0.15, -0.1) is 11.3 Å². The fourth-order valence-electron chi connectivity index (χ4n) is 0.775. The molecule has 1 heterocycles. The summed E-state index contributed by atoms with van der Waals surface area (Å²) in [5.74, 6) is -1.87. The summed E-state index contributed by atoms with van der Waals surface area (Å²) < 4.78 is 36.7. The monoisotopic (exact) mass is 287 g/mol. The lowest BCUT2D eigenvalue weighted by Crippen LogP contribution is -2.38. The van der Waals surface area contributed by atoms with Gasteiger partial charge < -0.3 is 0 Å². The first-order chi connectivity index (χ1) is 6.32. The Morgan fingerprint density at radius 3 is 2.43 bits per heavy atom. The van der Waals surface area contributed by atoms with Crippen LogP contribution in [0.5, 0.6) is 0 Å². The van der Waals surface area contributed by atoms with Crippen LogP contribution in [0.25, 0.3) is 0 Å². The molecule has 0 aromatic carbocycles. The quantitative estimate of drug-likeness (QED) is 0.777. The fraction of sp³-hybridized carbons (Fsp3) is 0.286. The minimum absolute atomic E-state index is 0.249. The number of hydrogen-bond acceptors (Lipinski definition) is 2. The molecule has 0 aliphatic rings. The van der Waals surface area contributed by atoms with E-state index in [1.165, 1.54) is 6.07 Å². The summed E-state index contributed by atoms with van der Waals surface area (Å²) >= 11 is 4.16. The summed E-state index contributed by atoms with van der Waals surface area (Å²) in [6.45, 7) is 0. The molecule has 0 spiro atoms. The molecule has 0 bridgehead atoms. The first-order valence-electron chi connectivity index (χ1n) is 3.42. The van der Waals surface area contributed by atoms with Gasteiger partial charge in [0.25, 0.3) is 0 Å². The molecule has 1 rings (SSSR count). The lowest BCUT2D eigenvalue weighted by atomic mass is 10.5. The van der Waals surface area contributed by atoms with Crippen molar-refractivity contribution in [1.29, 1.82) is 0 Å². The van der Waals surface area contributed by atoms with E-state index >= 15 is 0 Å². The molecule has 0 radical (unpaired) electrons. The van der Waals surface area contributed by atoms with Gasteiger partial charge in [0, 0.05) is 7.05 Å². The van der Waals surface area contributed by atoms with Crippen molar-refractivity contribution in [2.45, 2.75) is 6.18 Å². The average molecular weight is 288 g/mol. The van der Waals surface area contributed by atoms with E-state index in [9.17, 15) is 18.0 Å². The summed E-state index contributed by atoms with van der Waals surface area (Å²) in [4.78, 5) is 11.3. The van der Waals surface area contributed by atoms with Gasteiger partial charge >= 0.3 is 12.1 Å². The number of hydrogen-bond donors (Lipinski definition) is 0. The van der Waals surface area contributed by atoms with Gasteiger partial charge in [0.15, 0.2) is 0 Å². The van der Waals surface area contributed by atoms with E-state index in [1.54, 1.807) is 6.07 Å². The zero-order valence-corrected chi connectivity index (χ0v) is 9.33. The van der Waals surface area contributed by atoms with E-state index in [4.69, 9.17) is 0 Å². The highest BCUT2D eigenvalue weighted by Gasteiger charge is 2.41. The first kappa shape index (κ1) is 11.5. The topological polar surface area (TPSA) is 20.3 Å². The standard InChI is InChI=1S/C7H5BrF3NOS/c1-12(6(13)7(9,10)11)5-3-2-4(8)14-5/h2-3H,1H3. The van der Waals surface area contributed by atoms with Crippen LogP contribution in [0.1, 0.15) is 0 Å². The van der Waals surface area contributed by atoms with Crippen molar-refractivity contribution in [2.24, 2.45) is 0 Å². The fourth-order valence-corrected chi connectivity index (χ4v) is 2.10. The second kappa shape index (κ2) is 3.90. The van der Waals surface area contributed by atoms with Gasteiger partial charge in [-0.2, -0.15) is 13.2 Å². The van der Waals surface area contributed by atoms with E-state index in [-0.39, 0.29) is 5.00 Å². The molecule has 0 unspecified atom stereocenters. The third-order valence-corrected chi connectivity index (χ3v) is 3.14. The van der Waals surface area contributed by atoms with Crippen molar-refractivity contribution in [2.75, 3.05) is 11.9 Å². The molecule has 1 aromatic heterocycles. The van der Waals surface area contributed by atoms with E-state index in [1.807, 2.05) is 0 Å². The maximum Gasteiger partial charge on any atom is 0.471 e. The van der Waals surface area contributed by atoms with Crippen molar-refractivity contribution >= 4 is 38.2 Å². The summed E-state index contributed by atoms with van der Waals surface area (Å²) in [7, 11) is 1.09. The molecule has 1 amide bonds. The molecule has 0 fully saturated rings. The second-order valence-electron chi connectivity index (χ2n) is 2.44.